The Hall–Kier alpha value is -1.87. The standard InChI is InChI=1S/C26H42O3/c1-6-8-9-10-11-12-13-14-15-16-17-18-19-20-21-22-23-28-24(7-2)25(27)29-26(3,4)5/h8-9,11-12,14-15,17-18,20-21,24H,6-7,10,13,16,19,22-23H2,1-5H3/b9-8-,12-11-,15-14-,18-17-,21-20-. The minimum atomic E-state index is -0.475. The molecular weight excluding hydrogens is 360 g/mol. The quantitative estimate of drug-likeness (QED) is 0.164. The van der Waals surface area contributed by atoms with Crippen molar-refractivity contribution in [3.8, 4) is 0 Å². The molecular formula is C26H42O3. The van der Waals surface area contributed by atoms with Gasteiger partial charge in [0.25, 0.3) is 0 Å². The van der Waals surface area contributed by atoms with E-state index in [0.29, 0.717) is 13.0 Å². The lowest BCUT2D eigenvalue weighted by atomic mass is 10.2. The largest absolute Gasteiger partial charge is 0.458 e. The Morgan fingerprint density at radius 3 is 1.62 bits per heavy atom. The average Bonchev–Trinajstić information content (AvgIpc) is 2.65. The van der Waals surface area contributed by atoms with Crippen LogP contribution >= 0.6 is 0 Å². The van der Waals surface area contributed by atoms with Crippen molar-refractivity contribution in [3.63, 3.8) is 0 Å². The summed E-state index contributed by atoms with van der Waals surface area (Å²) in [5, 5.41) is 0. The first-order chi connectivity index (χ1) is 13.9. The minimum absolute atomic E-state index is 0.274. The molecule has 0 aliphatic carbocycles. The molecule has 1 atom stereocenters. The van der Waals surface area contributed by atoms with Crippen LogP contribution < -0.4 is 0 Å². The summed E-state index contributed by atoms with van der Waals surface area (Å²) in [5.74, 6) is -0.274. The van der Waals surface area contributed by atoms with Gasteiger partial charge in [0.2, 0.25) is 0 Å². The van der Waals surface area contributed by atoms with Gasteiger partial charge < -0.3 is 9.47 Å². The number of hydrogen-bond acceptors (Lipinski definition) is 3. The van der Waals surface area contributed by atoms with E-state index < -0.39 is 11.7 Å². The maximum atomic E-state index is 12.0. The van der Waals surface area contributed by atoms with Crippen molar-refractivity contribution in [2.24, 2.45) is 0 Å². The van der Waals surface area contributed by atoms with Crippen molar-refractivity contribution in [1.82, 2.24) is 0 Å². The lowest BCUT2D eigenvalue weighted by Crippen LogP contribution is -2.33. The smallest absolute Gasteiger partial charge is 0.335 e. The van der Waals surface area contributed by atoms with E-state index in [-0.39, 0.29) is 5.97 Å². The summed E-state index contributed by atoms with van der Waals surface area (Å²) in [4.78, 5) is 12.0. The van der Waals surface area contributed by atoms with Gasteiger partial charge in [-0.25, -0.2) is 4.79 Å². The molecule has 0 N–H and O–H groups in total. The molecule has 0 fully saturated rings. The first-order valence-corrected chi connectivity index (χ1v) is 11.0. The van der Waals surface area contributed by atoms with E-state index in [4.69, 9.17) is 9.47 Å². The summed E-state index contributed by atoms with van der Waals surface area (Å²) < 4.78 is 11.0. The monoisotopic (exact) mass is 402 g/mol. The van der Waals surface area contributed by atoms with Gasteiger partial charge in [0.15, 0.2) is 6.10 Å². The Bertz CT molecular complexity index is 545. The third kappa shape index (κ3) is 19.2. The summed E-state index contributed by atoms with van der Waals surface area (Å²) >= 11 is 0. The van der Waals surface area contributed by atoms with Crippen LogP contribution in [0.3, 0.4) is 0 Å². The van der Waals surface area contributed by atoms with E-state index in [0.717, 1.165) is 38.5 Å². The molecule has 29 heavy (non-hydrogen) atoms. The molecule has 3 heteroatoms. The minimum Gasteiger partial charge on any atom is -0.458 e. The number of carbonyl (C=O) groups is 1. The van der Waals surface area contributed by atoms with Gasteiger partial charge in [-0.2, -0.15) is 0 Å². The topological polar surface area (TPSA) is 35.5 Å². The Morgan fingerprint density at radius 2 is 1.21 bits per heavy atom. The van der Waals surface area contributed by atoms with Gasteiger partial charge in [0.05, 0.1) is 6.61 Å². The molecule has 0 heterocycles. The summed E-state index contributed by atoms with van der Waals surface area (Å²) in [6.07, 6.45) is 27.7. The molecule has 0 rings (SSSR count). The van der Waals surface area contributed by atoms with Crippen molar-refractivity contribution >= 4 is 5.97 Å². The predicted octanol–water partition coefficient (Wildman–Crippen LogP) is 7.26. The zero-order valence-electron chi connectivity index (χ0n) is 19.2. The van der Waals surface area contributed by atoms with Crippen molar-refractivity contribution in [2.45, 2.75) is 91.3 Å². The molecule has 0 aromatic carbocycles. The molecule has 0 saturated carbocycles. The van der Waals surface area contributed by atoms with Gasteiger partial charge in [-0.05, 0) is 65.7 Å². The predicted molar refractivity (Wildman–Crippen MR) is 125 cm³/mol. The van der Waals surface area contributed by atoms with Crippen LogP contribution in [0.15, 0.2) is 60.8 Å². The fraction of sp³-hybridized carbons (Fsp3) is 0.577. The number of esters is 1. The highest BCUT2D eigenvalue weighted by atomic mass is 16.6. The van der Waals surface area contributed by atoms with Crippen LogP contribution in [0.4, 0.5) is 0 Å². The molecule has 0 spiro atoms. The zero-order chi connectivity index (χ0) is 21.8. The highest BCUT2D eigenvalue weighted by Gasteiger charge is 2.24. The number of allylic oxidation sites excluding steroid dienone is 9. The maximum Gasteiger partial charge on any atom is 0.335 e. The Morgan fingerprint density at radius 1 is 0.759 bits per heavy atom. The third-order valence-electron chi connectivity index (χ3n) is 3.80. The molecule has 3 nitrogen and oxygen atoms in total. The van der Waals surface area contributed by atoms with Crippen LogP contribution in [-0.2, 0) is 14.3 Å². The molecule has 0 saturated heterocycles. The van der Waals surface area contributed by atoms with Crippen LogP contribution in [0.2, 0.25) is 0 Å². The Balaban J connectivity index is 3.78. The van der Waals surface area contributed by atoms with E-state index in [1.54, 1.807) is 0 Å². The Labute approximate surface area is 179 Å². The van der Waals surface area contributed by atoms with Gasteiger partial charge in [0, 0.05) is 0 Å². The van der Waals surface area contributed by atoms with Crippen molar-refractivity contribution in [2.75, 3.05) is 6.61 Å². The molecule has 0 amide bonds. The van der Waals surface area contributed by atoms with Crippen molar-refractivity contribution in [3.05, 3.63) is 60.8 Å². The summed E-state index contributed by atoms with van der Waals surface area (Å²) in [6.45, 7) is 10.2. The van der Waals surface area contributed by atoms with Gasteiger partial charge in [0.1, 0.15) is 5.60 Å². The number of ether oxygens (including phenoxy) is 2. The van der Waals surface area contributed by atoms with Gasteiger partial charge in [-0.15, -0.1) is 0 Å². The molecule has 0 aromatic rings. The van der Waals surface area contributed by atoms with Gasteiger partial charge >= 0.3 is 5.97 Å². The lowest BCUT2D eigenvalue weighted by Gasteiger charge is -2.23. The van der Waals surface area contributed by atoms with E-state index >= 15 is 0 Å². The van der Waals surface area contributed by atoms with Crippen molar-refractivity contribution in [1.29, 1.82) is 0 Å². The van der Waals surface area contributed by atoms with Gasteiger partial charge in [-0.3, -0.25) is 0 Å². The van der Waals surface area contributed by atoms with Crippen molar-refractivity contribution < 1.29 is 14.3 Å². The highest BCUT2D eigenvalue weighted by Crippen LogP contribution is 2.11. The number of rotatable bonds is 15. The fourth-order valence-corrected chi connectivity index (χ4v) is 2.37. The second-order valence-electron chi connectivity index (χ2n) is 7.80. The molecule has 0 aliphatic rings. The van der Waals surface area contributed by atoms with Crippen LogP contribution in [-0.4, -0.2) is 24.3 Å². The molecule has 164 valence electrons. The van der Waals surface area contributed by atoms with Crippen LogP contribution in [0.5, 0.6) is 0 Å². The molecule has 0 aliphatic heterocycles. The fourth-order valence-electron chi connectivity index (χ4n) is 2.37. The van der Waals surface area contributed by atoms with Gasteiger partial charge in [-0.1, -0.05) is 74.6 Å². The third-order valence-corrected chi connectivity index (χ3v) is 3.80. The second-order valence-corrected chi connectivity index (χ2v) is 7.80. The number of carbonyl (C=O) groups excluding carboxylic acids is 1. The first-order valence-electron chi connectivity index (χ1n) is 11.0. The summed E-state index contributed by atoms with van der Waals surface area (Å²) in [6, 6.07) is 0. The van der Waals surface area contributed by atoms with E-state index in [1.807, 2.05) is 27.7 Å². The number of hydrogen-bond donors (Lipinski definition) is 0. The van der Waals surface area contributed by atoms with E-state index in [1.165, 1.54) is 0 Å². The van der Waals surface area contributed by atoms with E-state index in [9.17, 15) is 4.79 Å². The molecule has 1 unspecified atom stereocenters. The molecule has 0 bridgehead atoms. The normalized spacial score (nSPS) is 14.2. The maximum absolute atomic E-state index is 12.0. The SMILES string of the molecule is CC/C=C\C/C=C\C/C=C\C/C=C\C/C=C\CCOC(CC)C(=O)OC(C)(C)C. The van der Waals surface area contributed by atoms with Crippen LogP contribution in [0.25, 0.3) is 0 Å². The average molecular weight is 403 g/mol. The highest BCUT2D eigenvalue weighted by molar-refractivity contribution is 5.75. The zero-order valence-corrected chi connectivity index (χ0v) is 19.2. The molecule has 0 aromatic heterocycles. The molecule has 0 radical (unpaired) electrons. The first kappa shape index (κ1) is 27.1. The summed E-state index contributed by atoms with van der Waals surface area (Å²) in [5.41, 5.74) is -0.474. The Kier molecular flexibility index (Phi) is 17.0. The summed E-state index contributed by atoms with van der Waals surface area (Å²) in [7, 11) is 0. The van der Waals surface area contributed by atoms with E-state index in [2.05, 4.69) is 67.7 Å². The lowest BCUT2D eigenvalue weighted by molar-refractivity contribution is -0.168. The second kappa shape index (κ2) is 18.2. The van der Waals surface area contributed by atoms with Crippen LogP contribution in [0.1, 0.15) is 79.6 Å². The van der Waals surface area contributed by atoms with Crippen LogP contribution in [0, 0.1) is 0 Å².